The lowest BCUT2D eigenvalue weighted by atomic mass is 9.99. The predicted octanol–water partition coefficient (Wildman–Crippen LogP) is 3.80. The minimum absolute atomic E-state index is 0.0406. The van der Waals surface area contributed by atoms with E-state index in [4.69, 9.17) is 16.3 Å². The highest BCUT2D eigenvalue weighted by Gasteiger charge is 2.33. The Hall–Kier alpha value is -1.55. The summed E-state index contributed by atoms with van der Waals surface area (Å²) in [5.41, 5.74) is 3.52. The first-order valence-corrected chi connectivity index (χ1v) is 8.55. The molecule has 1 aliphatic carbocycles. The van der Waals surface area contributed by atoms with Crippen molar-refractivity contribution in [1.82, 2.24) is 5.32 Å². The van der Waals surface area contributed by atoms with Crippen molar-refractivity contribution >= 4 is 11.6 Å². The highest BCUT2D eigenvalue weighted by atomic mass is 35.5. The summed E-state index contributed by atoms with van der Waals surface area (Å²) < 4.78 is 5.84. The molecule has 0 spiro atoms. The lowest BCUT2D eigenvalue weighted by Crippen LogP contribution is -2.32. The van der Waals surface area contributed by atoms with Gasteiger partial charge in [-0.2, -0.15) is 0 Å². The summed E-state index contributed by atoms with van der Waals surface area (Å²) in [6, 6.07) is 14.3. The Morgan fingerprint density at radius 2 is 1.91 bits per heavy atom. The highest BCUT2D eigenvalue weighted by molar-refractivity contribution is 6.32. The molecule has 120 valence electrons. The molecule has 2 N–H and O–H groups in total. The van der Waals surface area contributed by atoms with Crippen LogP contribution in [0.1, 0.15) is 41.6 Å². The molecule has 3 unspecified atom stereocenters. The van der Waals surface area contributed by atoms with E-state index in [-0.39, 0.29) is 18.2 Å². The van der Waals surface area contributed by atoms with Gasteiger partial charge in [0.1, 0.15) is 5.75 Å². The predicted molar refractivity (Wildman–Crippen MR) is 91.0 cm³/mol. The van der Waals surface area contributed by atoms with Crippen molar-refractivity contribution in [1.29, 1.82) is 0 Å². The SMILES string of the molecule is OC1Cc2ccccc2C1NC1CCCOc2c(Cl)cccc21. The quantitative estimate of drug-likeness (QED) is 0.880. The number of aliphatic hydroxyl groups excluding tert-OH is 1. The summed E-state index contributed by atoms with van der Waals surface area (Å²) in [5.74, 6) is 0.782. The minimum atomic E-state index is -0.390. The van der Waals surface area contributed by atoms with Crippen LogP contribution in [0.4, 0.5) is 0 Å². The molecule has 2 aromatic rings. The van der Waals surface area contributed by atoms with Crippen molar-refractivity contribution in [2.75, 3.05) is 6.61 Å². The second kappa shape index (κ2) is 6.16. The normalized spacial score (nSPS) is 26.1. The number of para-hydroxylation sites is 1. The van der Waals surface area contributed by atoms with Crippen LogP contribution in [0, 0.1) is 0 Å². The lowest BCUT2D eigenvalue weighted by Gasteiger charge is -2.26. The molecule has 3 nitrogen and oxygen atoms in total. The van der Waals surface area contributed by atoms with Crippen LogP contribution in [0.2, 0.25) is 5.02 Å². The molecule has 2 aliphatic rings. The number of halogens is 1. The molecule has 4 rings (SSSR count). The molecule has 0 fully saturated rings. The Morgan fingerprint density at radius 1 is 1.09 bits per heavy atom. The molecule has 0 bridgehead atoms. The number of hydrogen-bond acceptors (Lipinski definition) is 3. The zero-order valence-electron chi connectivity index (χ0n) is 12.8. The Kier molecular flexibility index (Phi) is 4.02. The number of rotatable bonds is 2. The van der Waals surface area contributed by atoms with E-state index in [1.165, 1.54) is 11.1 Å². The maximum Gasteiger partial charge on any atom is 0.142 e. The standard InChI is InChI=1S/C19H20ClNO2/c20-15-8-3-7-14-16(9-4-10-23-19(14)15)21-18-13-6-2-1-5-12(13)11-17(18)22/h1-3,5-8,16-18,21-22H,4,9-11H2. The summed E-state index contributed by atoms with van der Waals surface area (Å²) in [4.78, 5) is 0. The van der Waals surface area contributed by atoms with Crippen molar-refractivity contribution in [3.8, 4) is 5.75 Å². The molecule has 0 aromatic heterocycles. The Balaban J connectivity index is 1.66. The number of nitrogens with one attached hydrogen (secondary N) is 1. The van der Waals surface area contributed by atoms with Gasteiger partial charge in [-0.15, -0.1) is 0 Å². The van der Waals surface area contributed by atoms with Crippen molar-refractivity contribution < 1.29 is 9.84 Å². The Labute approximate surface area is 141 Å². The van der Waals surface area contributed by atoms with Crippen LogP contribution >= 0.6 is 11.6 Å². The van der Waals surface area contributed by atoms with E-state index in [0.29, 0.717) is 18.1 Å². The number of aliphatic hydroxyl groups is 1. The molecule has 23 heavy (non-hydrogen) atoms. The van der Waals surface area contributed by atoms with E-state index in [1.807, 2.05) is 24.3 Å². The molecule has 0 saturated heterocycles. The monoisotopic (exact) mass is 329 g/mol. The first-order chi connectivity index (χ1) is 11.2. The van der Waals surface area contributed by atoms with Crippen LogP contribution in [0.5, 0.6) is 5.75 Å². The van der Waals surface area contributed by atoms with Crippen LogP contribution in [-0.4, -0.2) is 17.8 Å². The maximum atomic E-state index is 10.5. The molecule has 1 aliphatic heterocycles. The fourth-order valence-corrected chi connectivity index (χ4v) is 3.97. The molecular formula is C19H20ClNO2. The van der Waals surface area contributed by atoms with Crippen LogP contribution in [0.25, 0.3) is 0 Å². The molecule has 0 radical (unpaired) electrons. The summed E-state index contributed by atoms with van der Waals surface area (Å²) >= 11 is 6.30. The molecule has 3 atom stereocenters. The summed E-state index contributed by atoms with van der Waals surface area (Å²) in [7, 11) is 0. The van der Waals surface area contributed by atoms with Gasteiger partial charge in [-0.1, -0.05) is 48.0 Å². The number of hydrogen-bond donors (Lipinski definition) is 2. The van der Waals surface area contributed by atoms with Crippen molar-refractivity contribution in [2.24, 2.45) is 0 Å². The van der Waals surface area contributed by atoms with Gasteiger partial charge in [0.2, 0.25) is 0 Å². The van der Waals surface area contributed by atoms with Crippen LogP contribution in [0.15, 0.2) is 42.5 Å². The maximum absolute atomic E-state index is 10.5. The van der Waals surface area contributed by atoms with Gasteiger partial charge < -0.3 is 15.2 Å². The molecule has 4 heteroatoms. The average molecular weight is 330 g/mol. The van der Waals surface area contributed by atoms with E-state index >= 15 is 0 Å². The van der Waals surface area contributed by atoms with Crippen LogP contribution in [0.3, 0.4) is 0 Å². The third-order valence-electron chi connectivity index (χ3n) is 4.84. The first kappa shape index (κ1) is 15.0. The van der Waals surface area contributed by atoms with Crippen LogP contribution < -0.4 is 10.1 Å². The van der Waals surface area contributed by atoms with E-state index < -0.39 is 0 Å². The third-order valence-corrected chi connectivity index (χ3v) is 5.14. The minimum Gasteiger partial charge on any atom is -0.492 e. The fraction of sp³-hybridized carbons (Fsp3) is 0.368. The van der Waals surface area contributed by atoms with Crippen molar-refractivity contribution in [2.45, 2.75) is 37.5 Å². The van der Waals surface area contributed by atoms with E-state index in [0.717, 1.165) is 24.2 Å². The first-order valence-electron chi connectivity index (χ1n) is 8.17. The number of fused-ring (bicyclic) bond motifs is 2. The Morgan fingerprint density at radius 3 is 2.83 bits per heavy atom. The number of benzene rings is 2. The molecule has 1 heterocycles. The lowest BCUT2D eigenvalue weighted by molar-refractivity contribution is 0.133. The highest BCUT2D eigenvalue weighted by Crippen LogP contribution is 2.40. The molecule has 0 amide bonds. The van der Waals surface area contributed by atoms with Gasteiger partial charge in [0, 0.05) is 18.0 Å². The smallest absolute Gasteiger partial charge is 0.142 e. The Bertz CT molecular complexity index is 718. The van der Waals surface area contributed by atoms with E-state index in [1.54, 1.807) is 0 Å². The second-order valence-electron chi connectivity index (χ2n) is 6.32. The molecule has 0 saturated carbocycles. The third kappa shape index (κ3) is 2.74. The van der Waals surface area contributed by atoms with Gasteiger partial charge in [-0.3, -0.25) is 0 Å². The van der Waals surface area contributed by atoms with E-state index in [9.17, 15) is 5.11 Å². The molecular weight excluding hydrogens is 310 g/mol. The van der Waals surface area contributed by atoms with E-state index in [2.05, 4.69) is 23.5 Å². The average Bonchev–Trinajstić information content (AvgIpc) is 2.73. The van der Waals surface area contributed by atoms with Gasteiger partial charge >= 0.3 is 0 Å². The summed E-state index contributed by atoms with van der Waals surface area (Å²) in [6.45, 7) is 0.679. The topological polar surface area (TPSA) is 41.5 Å². The zero-order chi connectivity index (χ0) is 15.8. The number of ether oxygens (including phenoxy) is 1. The van der Waals surface area contributed by atoms with Crippen molar-refractivity contribution in [3.05, 3.63) is 64.2 Å². The van der Waals surface area contributed by atoms with Gasteiger partial charge in [-0.25, -0.2) is 0 Å². The van der Waals surface area contributed by atoms with Crippen LogP contribution in [-0.2, 0) is 6.42 Å². The molecule has 2 aromatic carbocycles. The zero-order valence-corrected chi connectivity index (χ0v) is 13.6. The second-order valence-corrected chi connectivity index (χ2v) is 6.72. The summed E-state index contributed by atoms with van der Waals surface area (Å²) in [6.07, 6.45) is 2.25. The van der Waals surface area contributed by atoms with Gasteiger partial charge in [0.05, 0.1) is 23.8 Å². The van der Waals surface area contributed by atoms with Crippen molar-refractivity contribution in [3.63, 3.8) is 0 Å². The largest absolute Gasteiger partial charge is 0.492 e. The summed E-state index contributed by atoms with van der Waals surface area (Å²) in [5, 5.41) is 14.8. The van der Waals surface area contributed by atoms with Gasteiger partial charge in [0.15, 0.2) is 0 Å². The van der Waals surface area contributed by atoms with Gasteiger partial charge in [-0.05, 0) is 30.0 Å². The fourth-order valence-electron chi connectivity index (χ4n) is 3.73. The van der Waals surface area contributed by atoms with Gasteiger partial charge in [0.25, 0.3) is 0 Å².